The van der Waals surface area contributed by atoms with Crippen molar-refractivity contribution >= 4 is 12.4 Å². The van der Waals surface area contributed by atoms with E-state index in [4.69, 9.17) is 15.2 Å². The molecule has 0 aliphatic rings. The second-order valence-electron chi connectivity index (χ2n) is 3.86. The second-order valence-corrected chi connectivity index (χ2v) is 3.86. The van der Waals surface area contributed by atoms with E-state index in [0.717, 1.165) is 17.7 Å². The van der Waals surface area contributed by atoms with E-state index in [0.29, 0.717) is 13.2 Å². The van der Waals surface area contributed by atoms with Crippen LogP contribution in [0.1, 0.15) is 31.0 Å². The summed E-state index contributed by atoms with van der Waals surface area (Å²) in [5.74, 6) is 0.865. The van der Waals surface area contributed by atoms with Crippen LogP contribution in [-0.4, -0.2) is 20.3 Å². The standard InChI is InChI=1S/C13H21NO2.ClH/c1-4-11-5-6-13(16-8-7-15-3)12(9-11)10(2)14;/h5-6,9-10H,4,7-8,14H2,1-3H3;1H. The summed E-state index contributed by atoms with van der Waals surface area (Å²) in [6.45, 7) is 5.25. The molecule has 1 atom stereocenters. The third-order valence-corrected chi connectivity index (χ3v) is 2.52. The fourth-order valence-corrected chi connectivity index (χ4v) is 1.54. The van der Waals surface area contributed by atoms with E-state index >= 15 is 0 Å². The van der Waals surface area contributed by atoms with Crippen LogP contribution in [0, 0.1) is 0 Å². The third-order valence-electron chi connectivity index (χ3n) is 2.52. The van der Waals surface area contributed by atoms with E-state index < -0.39 is 0 Å². The maximum Gasteiger partial charge on any atom is 0.124 e. The lowest BCUT2D eigenvalue weighted by atomic mass is 10.0. The van der Waals surface area contributed by atoms with Crippen LogP contribution < -0.4 is 10.5 Å². The summed E-state index contributed by atoms with van der Waals surface area (Å²) < 4.78 is 10.6. The Morgan fingerprint density at radius 2 is 2.00 bits per heavy atom. The van der Waals surface area contributed by atoms with Crippen LogP contribution >= 0.6 is 12.4 Å². The minimum absolute atomic E-state index is 0. The molecule has 17 heavy (non-hydrogen) atoms. The van der Waals surface area contributed by atoms with Crippen molar-refractivity contribution in [2.45, 2.75) is 26.3 Å². The average Bonchev–Trinajstić information content (AvgIpc) is 2.29. The van der Waals surface area contributed by atoms with E-state index in [9.17, 15) is 0 Å². The first-order chi connectivity index (χ1) is 7.69. The van der Waals surface area contributed by atoms with Gasteiger partial charge in [-0.1, -0.05) is 19.1 Å². The predicted molar refractivity (Wildman–Crippen MR) is 73.0 cm³/mol. The number of benzene rings is 1. The molecule has 1 rings (SSSR count). The lowest BCUT2D eigenvalue weighted by molar-refractivity contribution is 0.145. The van der Waals surface area contributed by atoms with Gasteiger partial charge in [0.2, 0.25) is 0 Å². The number of hydrogen-bond donors (Lipinski definition) is 1. The molecule has 0 saturated carbocycles. The van der Waals surface area contributed by atoms with Crippen molar-refractivity contribution in [2.24, 2.45) is 5.73 Å². The van der Waals surface area contributed by atoms with Gasteiger partial charge in [0.1, 0.15) is 12.4 Å². The van der Waals surface area contributed by atoms with Gasteiger partial charge in [0.25, 0.3) is 0 Å². The number of halogens is 1. The second kappa shape index (κ2) is 8.34. The summed E-state index contributed by atoms with van der Waals surface area (Å²) in [4.78, 5) is 0. The van der Waals surface area contributed by atoms with Crippen LogP contribution in [0.5, 0.6) is 5.75 Å². The number of ether oxygens (including phenoxy) is 2. The highest BCUT2D eigenvalue weighted by Crippen LogP contribution is 2.25. The van der Waals surface area contributed by atoms with Crippen LogP contribution in [0.25, 0.3) is 0 Å². The first-order valence-corrected chi connectivity index (χ1v) is 5.69. The van der Waals surface area contributed by atoms with Gasteiger partial charge in [-0.15, -0.1) is 12.4 Å². The van der Waals surface area contributed by atoms with Gasteiger partial charge in [-0.05, 0) is 25.0 Å². The van der Waals surface area contributed by atoms with Gasteiger partial charge in [0.05, 0.1) is 6.61 Å². The molecule has 2 N–H and O–H groups in total. The van der Waals surface area contributed by atoms with Gasteiger partial charge in [0.15, 0.2) is 0 Å². The van der Waals surface area contributed by atoms with Gasteiger partial charge in [-0.25, -0.2) is 0 Å². The van der Waals surface area contributed by atoms with Crippen molar-refractivity contribution in [3.8, 4) is 5.75 Å². The molecule has 0 heterocycles. The average molecular weight is 260 g/mol. The number of aryl methyl sites for hydroxylation is 1. The fourth-order valence-electron chi connectivity index (χ4n) is 1.54. The van der Waals surface area contributed by atoms with E-state index in [1.807, 2.05) is 13.0 Å². The van der Waals surface area contributed by atoms with Crippen LogP contribution in [0.2, 0.25) is 0 Å². The molecule has 0 spiro atoms. The molecule has 0 saturated heterocycles. The molecule has 4 heteroatoms. The Hall–Kier alpha value is -0.770. The number of rotatable bonds is 6. The van der Waals surface area contributed by atoms with Gasteiger partial charge in [0, 0.05) is 18.7 Å². The van der Waals surface area contributed by atoms with E-state index in [-0.39, 0.29) is 18.4 Å². The molecule has 0 bridgehead atoms. The lowest BCUT2D eigenvalue weighted by Gasteiger charge is -2.15. The van der Waals surface area contributed by atoms with E-state index in [1.54, 1.807) is 7.11 Å². The van der Waals surface area contributed by atoms with Crippen molar-refractivity contribution in [1.29, 1.82) is 0 Å². The van der Waals surface area contributed by atoms with Crippen LogP contribution in [0.15, 0.2) is 18.2 Å². The quantitative estimate of drug-likeness (QED) is 0.799. The minimum Gasteiger partial charge on any atom is -0.491 e. The molecule has 1 aromatic rings. The zero-order valence-electron chi connectivity index (χ0n) is 10.7. The van der Waals surface area contributed by atoms with Gasteiger partial charge >= 0.3 is 0 Å². The number of methoxy groups -OCH3 is 1. The number of nitrogens with two attached hydrogens (primary N) is 1. The zero-order chi connectivity index (χ0) is 12.0. The highest BCUT2D eigenvalue weighted by molar-refractivity contribution is 5.85. The molecule has 1 unspecified atom stereocenters. The molecule has 0 aliphatic carbocycles. The molecule has 0 aromatic heterocycles. The van der Waals surface area contributed by atoms with Gasteiger partial charge in [-0.3, -0.25) is 0 Å². The summed E-state index contributed by atoms with van der Waals surface area (Å²) >= 11 is 0. The zero-order valence-corrected chi connectivity index (χ0v) is 11.5. The molecule has 0 fully saturated rings. The molecular weight excluding hydrogens is 238 g/mol. The largest absolute Gasteiger partial charge is 0.491 e. The fraction of sp³-hybridized carbons (Fsp3) is 0.538. The Labute approximate surface area is 110 Å². The monoisotopic (exact) mass is 259 g/mol. The maximum atomic E-state index is 5.93. The Bertz CT molecular complexity index is 329. The Morgan fingerprint density at radius 3 is 2.53 bits per heavy atom. The SMILES string of the molecule is CCc1ccc(OCCOC)c(C(C)N)c1.Cl. The summed E-state index contributed by atoms with van der Waals surface area (Å²) in [7, 11) is 1.66. The molecular formula is C13H22ClNO2. The van der Waals surface area contributed by atoms with Gasteiger partial charge in [-0.2, -0.15) is 0 Å². The summed E-state index contributed by atoms with van der Waals surface area (Å²) in [6.07, 6.45) is 1.01. The lowest BCUT2D eigenvalue weighted by Crippen LogP contribution is -2.11. The normalized spacial score (nSPS) is 11.8. The molecule has 1 aromatic carbocycles. The smallest absolute Gasteiger partial charge is 0.124 e. The predicted octanol–water partition coefficient (Wildman–Crippen LogP) is 2.72. The van der Waals surface area contributed by atoms with E-state index in [1.165, 1.54) is 5.56 Å². The van der Waals surface area contributed by atoms with Crippen molar-refractivity contribution in [1.82, 2.24) is 0 Å². The Morgan fingerprint density at radius 1 is 1.29 bits per heavy atom. The topological polar surface area (TPSA) is 44.5 Å². The van der Waals surface area contributed by atoms with Crippen LogP contribution in [0.4, 0.5) is 0 Å². The third kappa shape index (κ3) is 4.94. The molecule has 0 amide bonds. The van der Waals surface area contributed by atoms with Crippen molar-refractivity contribution in [2.75, 3.05) is 20.3 Å². The highest BCUT2D eigenvalue weighted by atomic mass is 35.5. The Balaban J connectivity index is 0.00000256. The van der Waals surface area contributed by atoms with Crippen LogP contribution in [-0.2, 0) is 11.2 Å². The Kier molecular flexibility index (Phi) is 7.96. The summed E-state index contributed by atoms with van der Waals surface area (Å²) in [6, 6.07) is 6.18. The van der Waals surface area contributed by atoms with Crippen LogP contribution in [0.3, 0.4) is 0 Å². The number of hydrogen-bond acceptors (Lipinski definition) is 3. The molecule has 0 aliphatic heterocycles. The first-order valence-electron chi connectivity index (χ1n) is 5.69. The van der Waals surface area contributed by atoms with Gasteiger partial charge < -0.3 is 15.2 Å². The van der Waals surface area contributed by atoms with Crippen molar-refractivity contribution in [3.05, 3.63) is 29.3 Å². The van der Waals surface area contributed by atoms with Crippen molar-refractivity contribution in [3.63, 3.8) is 0 Å². The minimum atomic E-state index is -0.0101. The van der Waals surface area contributed by atoms with Crippen molar-refractivity contribution < 1.29 is 9.47 Å². The first kappa shape index (κ1) is 16.2. The summed E-state index contributed by atoms with van der Waals surface area (Å²) in [5.41, 5.74) is 8.28. The molecule has 0 radical (unpaired) electrons. The highest BCUT2D eigenvalue weighted by Gasteiger charge is 2.08. The maximum absolute atomic E-state index is 5.93. The summed E-state index contributed by atoms with van der Waals surface area (Å²) in [5, 5.41) is 0. The molecule has 3 nitrogen and oxygen atoms in total. The van der Waals surface area contributed by atoms with E-state index in [2.05, 4.69) is 19.1 Å². The molecule has 98 valence electrons.